The minimum absolute atomic E-state index is 0.124. The largest absolute Gasteiger partial charge is 0.212 e. The zero-order chi connectivity index (χ0) is 14.3. The molecule has 0 bridgehead atoms. The molecule has 1 N–H and O–H groups in total. The molecule has 2 aromatic carbocycles. The van der Waals surface area contributed by atoms with Gasteiger partial charge in [0, 0.05) is 17.2 Å². The predicted molar refractivity (Wildman–Crippen MR) is 84.2 cm³/mol. The summed E-state index contributed by atoms with van der Waals surface area (Å²) in [6.07, 6.45) is 0. The Morgan fingerprint density at radius 2 is 1.50 bits per heavy atom. The van der Waals surface area contributed by atoms with Gasteiger partial charge in [-0.2, -0.15) is 0 Å². The Morgan fingerprint density at radius 1 is 0.900 bits per heavy atom. The van der Waals surface area contributed by atoms with E-state index in [-0.39, 0.29) is 5.75 Å². The maximum Gasteiger partial charge on any atom is 0.212 e. The molecule has 0 aliphatic rings. The molecular formula is C15H17NO2S2. The van der Waals surface area contributed by atoms with Gasteiger partial charge < -0.3 is 0 Å². The summed E-state index contributed by atoms with van der Waals surface area (Å²) in [6.45, 7) is 0.346. The Bertz CT molecular complexity index is 613. The first-order valence-corrected chi connectivity index (χ1v) is 8.99. The van der Waals surface area contributed by atoms with Crippen LogP contribution in [0.1, 0.15) is 5.56 Å². The molecule has 0 amide bonds. The Hall–Kier alpha value is -1.30. The summed E-state index contributed by atoms with van der Waals surface area (Å²) < 4.78 is 26.4. The van der Waals surface area contributed by atoms with Crippen LogP contribution >= 0.6 is 11.8 Å². The van der Waals surface area contributed by atoms with E-state index in [0.717, 1.165) is 10.5 Å². The van der Waals surface area contributed by atoms with Gasteiger partial charge >= 0.3 is 0 Å². The highest BCUT2D eigenvalue weighted by Crippen LogP contribution is 2.16. The summed E-state index contributed by atoms with van der Waals surface area (Å²) in [7, 11) is -3.22. The molecule has 0 radical (unpaired) electrons. The Labute approximate surface area is 124 Å². The average Bonchev–Trinajstić information content (AvgIpc) is 2.47. The van der Waals surface area contributed by atoms with Crippen LogP contribution < -0.4 is 4.72 Å². The first kappa shape index (κ1) is 15.1. The van der Waals surface area contributed by atoms with E-state index in [1.807, 2.05) is 60.7 Å². The van der Waals surface area contributed by atoms with Gasteiger partial charge in [-0.05, 0) is 17.7 Å². The van der Waals surface area contributed by atoms with Gasteiger partial charge in [-0.25, -0.2) is 13.1 Å². The summed E-state index contributed by atoms with van der Waals surface area (Å²) in [4.78, 5) is 1.09. The first-order chi connectivity index (χ1) is 9.66. The second-order valence-corrected chi connectivity index (χ2v) is 7.38. The smallest absolute Gasteiger partial charge is 0.212 e. The summed E-state index contributed by atoms with van der Waals surface area (Å²) in [5, 5.41) is 0. The van der Waals surface area contributed by atoms with Crippen LogP contribution in [0.3, 0.4) is 0 Å². The van der Waals surface area contributed by atoms with E-state index in [0.29, 0.717) is 12.3 Å². The van der Waals surface area contributed by atoms with Crippen molar-refractivity contribution in [2.75, 3.05) is 11.5 Å². The van der Waals surface area contributed by atoms with E-state index in [1.54, 1.807) is 11.8 Å². The third-order valence-electron chi connectivity index (χ3n) is 2.70. The van der Waals surface area contributed by atoms with Crippen molar-refractivity contribution in [1.82, 2.24) is 4.72 Å². The van der Waals surface area contributed by atoms with Gasteiger partial charge in [0.05, 0.1) is 5.75 Å². The lowest BCUT2D eigenvalue weighted by Gasteiger charge is -2.06. The minimum atomic E-state index is -3.22. The van der Waals surface area contributed by atoms with Crippen LogP contribution in [0.2, 0.25) is 0 Å². The van der Waals surface area contributed by atoms with Crippen molar-refractivity contribution < 1.29 is 8.42 Å². The molecule has 0 spiro atoms. The van der Waals surface area contributed by atoms with Crippen LogP contribution in [-0.2, 0) is 16.6 Å². The van der Waals surface area contributed by atoms with Gasteiger partial charge in [0.1, 0.15) is 0 Å². The van der Waals surface area contributed by atoms with E-state index >= 15 is 0 Å². The maximum absolute atomic E-state index is 11.9. The number of hydrogen-bond donors (Lipinski definition) is 1. The van der Waals surface area contributed by atoms with Crippen molar-refractivity contribution in [2.45, 2.75) is 11.4 Å². The normalized spacial score (nSPS) is 11.4. The molecule has 0 saturated heterocycles. The molecular weight excluding hydrogens is 290 g/mol. The molecule has 0 atom stereocenters. The van der Waals surface area contributed by atoms with Crippen molar-refractivity contribution in [3.05, 3.63) is 66.2 Å². The second kappa shape index (κ2) is 7.47. The van der Waals surface area contributed by atoms with Crippen molar-refractivity contribution in [3.8, 4) is 0 Å². The molecule has 0 fully saturated rings. The van der Waals surface area contributed by atoms with Crippen molar-refractivity contribution in [3.63, 3.8) is 0 Å². The molecule has 2 rings (SSSR count). The van der Waals surface area contributed by atoms with Gasteiger partial charge in [-0.15, -0.1) is 11.8 Å². The van der Waals surface area contributed by atoms with Crippen LogP contribution in [0.4, 0.5) is 0 Å². The molecule has 0 unspecified atom stereocenters. The van der Waals surface area contributed by atoms with E-state index in [1.165, 1.54) is 0 Å². The zero-order valence-electron chi connectivity index (χ0n) is 11.0. The lowest BCUT2D eigenvalue weighted by atomic mass is 10.2. The summed E-state index contributed by atoms with van der Waals surface area (Å²) >= 11 is 1.55. The molecule has 3 nitrogen and oxygen atoms in total. The van der Waals surface area contributed by atoms with Gasteiger partial charge in [-0.3, -0.25) is 0 Å². The second-order valence-electron chi connectivity index (χ2n) is 4.29. The molecule has 0 saturated carbocycles. The monoisotopic (exact) mass is 307 g/mol. The van der Waals surface area contributed by atoms with Crippen LogP contribution in [0.25, 0.3) is 0 Å². The minimum Gasteiger partial charge on any atom is -0.212 e. The Morgan fingerprint density at radius 3 is 2.15 bits per heavy atom. The summed E-state index contributed by atoms with van der Waals surface area (Å²) in [5.41, 5.74) is 0.965. The van der Waals surface area contributed by atoms with Gasteiger partial charge in [0.25, 0.3) is 0 Å². The fourth-order valence-electron chi connectivity index (χ4n) is 1.65. The molecule has 0 heterocycles. The number of sulfonamides is 1. The Kier molecular flexibility index (Phi) is 5.64. The molecule has 0 aliphatic carbocycles. The maximum atomic E-state index is 11.9. The van der Waals surface area contributed by atoms with Gasteiger partial charge in [0.15, 0.2) is 0 Å². The van der Waals surface area contributed by atoms with Crippen LogP contribution in [-0.4, -0.2) is 19.9 Å². The lowest BCUT2D eigenvalue weighted by Crippen LogP contribution is -2.26. The summed E-state index contributed by atoms with van der Waals surface area (Å²) in [5.74, 6) is 0.674. The number of thioether (sulfide) groups is 1. The van der Waals surface area contributed by atoms with Crippen molar-refractivity contribution >= 4 is 21.8 Å². The molecule has 5 heteroatoms. The highest BCUT2D eigenvalue weighted by Gasteiger charge is 2.09. The van der Waals surface area contributed by atoms with E-state index in [4.69, 9.17) is 0 Å². The van der Waals surface area contributed by atoms with Gasteiger partial charge in [-0.1, -0.05) is 48.5 Å². The molecule has 0 aromatic heterocycles. The number of benzene rings is 2. The standard InChI is InChI=1S/C15H17NO2S2/c17-20(18,16-13-14-7-3-1-4-8-14)12-11-19-15-9-5-2-6-10-15/h1-10,16H,11-13H2. The van der Waals surface area contributed by atoms with Crippen molar-refractivity contribution in [2.24, 2.45) is 0 Å². The highest BCUT2D eigenvalue weighted by atomic mass is 32.2. The van der Waals surface area contributed by atoms with E-state index < -0.39 is 10.0 Å². The van der Waals surface area contributed by atoms with Crippen LogP contribution in [0, 0.1) is 0 Å². The third-order valence-corrected chi connectivity index (χ3v) is 5.30. The summed E-state index contributed by atoms with van der Waals surface area (Å²) in [6, 6.07) is 19.3. The fraction of sp³-hybridized carbons (Fsp3) is 0.200. The number of rotatable bonds is 7. The fourth-order valence-corrected chi connectivity index (χ4v) is 3.97. The quantitative estimate of drug-likeness (QED) is 0.800. The predicted octanol–water partition coefficient (Wildman–Crippen LogP) is 2.90. The van der Waals surface area contributed by atoms with Crippen LogP contribution in [0.5, 0.6) is 0 Å². The SMILES string of the molecule is O=S(=O)(CCSc1ccccc1)NCc1ccccc1. The van der Waals surface area contributed by atoms with Crippen molar-refractivity contribution in [1.29, 1.82) is 0 Å². The average molecular weight is 307 g/mol. The number of hydrogen-bond acceptors (Lipinski definition) is 3. The number of nitrogens with one attached hydrogen (secondary N) is 1. The molecule has 20 heavy (non-hydrogen) atoms. The zero-order valence-corrected chi connectivity index (χ0v) is 12.7. The molecule has 2 aromatic rings. The lowest BCUT2D eigenvalue weighted by molar-refractivity contribution is 0.583. The molecule has 106 valence electrons. The van der Waals surface area contributed by atoms with E-state index in [9.17, 15) is 8.42 Å². The topological polar surface area (TPSA) is 46.2 Å². The molecule has 0 aliphatic heterocycles. The third kappa shape index (κ3) is 5.36. The first-order valence-electron chi connectivity index (χ1n) is 6.35. The van der Waals surface area contributed by atoms with E-state index in [2.05, 4.69) is 4.72 Å². The highest BCUT2D eigenvalue weighted by molar-refractivity contribution is 8.00. The van der Waals surface area contributed by atoms with Crippen LogP contribution in [0.15, 0.2) is 65.6 Å². The van der Waals surface area contributed by atoms with Gasteiger partial charge in [0.2, 0.25) is 10.0 Å². The Balaban J connectivity index is 1.77.